The van der Waals surface area contributed by atoms with Gasteiger partial charge in [0, 0.05) is 21.6 Å². The molecule has 0 aliphatic rings. The molecular formula is C13H17IN2O. The molecule has 0 heterocycles. The standard InChI is InChI=1S/C13H17IN2O/c1-9(16(2)3)8-12(15)13(17)10-4-6-11(14)7-5-10/h4-7,9,15H,8H2,1-3H3/t9-/m1/s1. The van der Waals surface area contributed by atoms with Crippen LogP contribution in [0.2, 0.25) is 0 Å². The molecule has 0 aromatic heterocycles. The van der Waals surface area contributed by atoms with Gasteiger partial charge in [0.2, 0.25) is 5.78 Å². The van der Waals surface area contributed by atoms with Gasteiger partial charge in [-0.1, -0.05) is 0 Å². The van der Waals surface area contributed by atoms with Crippen molar-refractivity contribution in [2.45, 2.75) is 19.4 Å². The minimum atomic E-state index is -0.171. The van der Waals surface area contributed by atoms with Gasteiger partial charge in [0.05, 0.1) is 5.71 Å². The second-order valence-corrected chi connectivity index (χ2v) is 5.58. The third-order valence-corrected chi connectivity index (χ3v) is 3.48. The number of hydrogen-bond acceptors (Lipinski definition) is 3. The predicted molar refractivity (Wildman–Crippen MR) is 79.0 cm³/mol. The minimum absolute atomic E-state index is 0.171. The van der Waals surface area contributed by atoms with Crippen molar-refractivity contribution in [3.8, 4) is 0 Å². The van der Waals surface area contributed by atoms with Crippen LogP contribution in [0.25, 0.3) is 0 Å². The highest BCUT2D eigenvalue weighted by molar-refractivity contribution is 14.1. The van der Waals surface area contributed by atoms with Gasteiger partial charge in [-0.25, -0.2) is 0 Å². The number of nitrogens with zero attached hydrogens (tertiary/aromatic N) is 1. The Kier molecular flexibility index (Phi) is 5.27. The van der Waals surface area contributed by atoms with E-state index < -0.39 is 0 Å². The van der Waals surface area contributed by atoms with Gasteiger partial charge in [-0.3, -0.25) is 4.79 Å². The van der Waals surface area contributed by atoms with Gasteiger partial charge in [0.25, 0.3) is 0 Å². The van der Waals surface area contributed by atoms with Crippen molar-refractivity contribution in [2.24, 2.45) is 0 Å². The molecule has 1 atom stereocenters. The van der Waals surface area contributed by atoms with Crippen LogP contribution in [0.1, 0.15) is 23.7 Å². The van der Waals surface area contributed by atoms with Crippen LogP contribution in [0.5, 0.6) is 0 Å². The number of ketones is 1. The fourth-order valence-corrected chi connectivity index (χ4v) is 1.71. The maximum absolute atomic E-state index is 12.0. The first-order valence-electron chi connectivity index (χ1n) is 5.46. The van der Waals surface area contributed by atoms with Gasteiger partial charge in [-0.05, 0) is 67.9 Å². The van der Waals surface area contributed by atoms with Gasteiger partial charge in [-0.2, -0.15) is 0 Å². The van der Waals surface area contributed by atoms with Crippen molar-refractivity contribution in [1.82, 2.24) is 4.90 Å². The number of carbonyl (C=O) groups excluding carboxylic acids is 1. The topological polar surface area (TPSA) is 44.2 Å². The number of rotatable bonds is 5. The maximum Gasteiger partial charge on any atom is 0.206 e. The van der Waals surface area contributed by atoms with E-state index in [0.29, 0.717) is 12.0 Å². The average Bonchev–Trinajstić information content (AvgIpc) is 2.28. The molecule has 92 valence electrons. The summed E-state index contributed by atoms with van der Waals surface area (Å²) < 4.78 is 1.09. The van der Waals surface area contributed by atoms with Gasteiger partial charge >= 0.3 is 0 Å². The number of hydrogen-bond donors (Lipinski definition) is 1. The predicted octanol–water partition coefficient (Wildman–Crippen LogP) is 2.83. The third kappa shape index (κ3) is 4.20. The SMILES string of the molecule is C[C@H](CC(=N)C(=O)c1ccc(I)cc1)N(C)C. The zero-order valence-electron chi connectivity index (χ0n) is 10.3. The van der Waals surface area contributed by atoms with Crippen LogP contribution in [-0.4, -0.2) is 36.5 Å². The molecule has 0 amide bonds. The molecule has 17 heavy (non-hydrogen) atoms. The van der Waals surface area contributed by atoms with E-state index >= 15 is 0 Å². The molecule has 0 fully saturated rings. The molecule has 0 radical (unpaired) electrons. The van der Waals surface area contributed by atoms with E-state index in [4.69, 9.17) is 5.41 Å². The Balaban J connectivity index is 2.70. The summed E-state index contributed by atoms with van der Waals surface area (Å²) >= 11 is 2.19. The Morgan fingerprint density at radius 3 is 2.35 bits per heavy atom. The Morgan fingerprint density at radius 1 is 1.35 bits per heavy atom. The van der Waals surface area contributed by atoms with E-state index in [0.717, 1.165) is 3.57 Å². The van der Waals surface area contributed by atoms with Crippen molar-refractivity contribution in [2.75, 3.05) is 14.1 Å². The van der Waals surface area contributed by atoms with E-state index in [9.17, 15) is 4.79 Å². The molecule has 1 aromatic carbocycles. The lowest BCUT2D eigenvalue weighted by atomic mass is 10.0. The Bertz CT molecular complexity index is 412. The highest BCUT2D eigenvalue weighted by atomic mass is 127. The van der Waals surface area contributed by atoms with Crippen LogP contribution in [-0.2, 0) is 0 Å². The van der Waals surface area contributed by atoms with Crippen LogP contribution >= 0.6 is 22.6 Å². The molecule has 0 saturated heterocycles. The van der Waals surface area contributed by atoms with Crippen LogP contribution in [0.4, 0.5) is 0 Å². The fourth-order valence-electron chi connectivity index (χ4n) is 1.35. The Morgan fingerprint density at radius 2 is 1.88 bits per heavy atom. The fraction of sp³-hybridized carbons (Fsp3) is 0.385. The van der Waals surface area contributed by atoms with Crippen molar-refractivity contribution in [3.63, 3.8) is 0 Å². The molecule has 0 aliphatic carbocycles. The number of nitrogens with one attached hydrogen (secondary N) is 1. The van der Waals surface area contributed by atoms with Crippen LogP contribution in [0.3, 0.4) is 0 Å². The minimum Gasteiger partial charge on any atom is -0.306 e. The lowest BCUT2D eigenvalue weighted by Crippen LogP contribution is -2.29. The number of carbonyl (C=O) groups is 1. The van der Waals surface area contributed by atoms with Gasteiger partial charge in [-0.15, -0.1) is 0 Å². The van der Waals surface area contributed by atoms with Gasteiger partial charge < -0.3 is 10.3 Å². The molecule has 4 heteroatoms. The Hall–Kier alpha value is -0.750. The summed E-state index contributed by atoms with van der Waals surface area (Å²) in [5, 5.41) is 7.83. The van der Waals surface area contributed by atoms with Gasteiger partial charge in [0.15, 0.2) is 0 Å². The van der Waals surface area contributed by atoms with E-state index in [2.05, 4.69) is 22.6 Å². The van der Waals surface area contributed by atoms with Crippen molar-refractivity contribution in [3.05, 3.63) is 33.4 Å². The lowest BCUT2D eigenvalue weighted by Gasteiger charge is -2.19. The molecule has 0 aliphatic heterocycles. The van der Waals surface area contributed by atoms with E-state index in [1.807, 2.05) is 38.1 Å². The molecule has 0 spiro atoms. The summed E-state index contributed by atoms with van der Waals surface area (Å²) in [4.78, 5) is 14.0. The molecule has 1 aromatic rings. The van der Waals surface area contributed by atoms with Crippen LogP contribution in [0, 0.1) is 8.98 Å². The van der Waals surface area contributed by atoms with E-state index in [1.165, 1.54) is 0 Å². The molecular weight excluding hydrogens is 327 g/mol. The monoisotopic (exact) mass is 344 g/mol. The number of Topliss-reactive ketones (excluding diaryl/α,β-unsaturated/α-hetero) is 1. The quantitative estimate of drug-likeness (QED) is 0.507. The summed E-state index contributed by atoms with van der Waals surface area (Å²) in [6, 6.07) is 7.53. The summed E-state index contributed by atoms with van der Waals surface area (Å²) in [5.41, 5.74) is 0.772. The second kappa shape index (κ2) is 6.26. The molecule has 0 bridgehead atoms. The summed E-state index contributed by atoms with van der Waals surface area (Å²) in [6.45, 7) is 2.01. The summed E-state index contributed by atoms with van der Waals surface area (Å²) in [7, 11) is 3.90. The number of benzene rings is 1. The Labute approximate surface area is 116 Å². The molecule has 1 rings (SSSR count). The lowest BCUT2D eigenvalue weighted by molar-refractivity contribution is 0.106. The molecule has 0 unspecified atom stereocenters. The highest BCUT2D eigenvalue weighted by Gasteiger charge is 2.16. The zero-order chi connectivity index (χ0) is 13.0. The third-order valence-electron chi connectivity index (χ3n) is 2.76. The van der Waals surface area contributed by atoms with Crippen molar-refractivity contribution in [1.29, 1.82) is 5.41 Å². The average molecular weight is 344 g/mol. The first-order chi connectivity index (χ1) is 7.91. The van der Waals surface area contributed by atoms with Crippen LogP contribution in [0.15, 0.2) is 24.3 Å². The normalized spacial score (nSPS) is 12.5. The van der Waals surface area contributed by atoms with Gasteiger partial charge in [0.1, 0.15) is 0 Å². The van der Waals surface area contributed by atoms with E-state index in [1.54, 1.807) is 12.1 Å². The number of halogens is 1. The second-order valence-electron chi connectivity index (χ2n) is 4.33. The van der Waals surface area contributed by atoms with Crippen LogP contribution < -0.4 is 0 Å². The highest BCUT2D eigenvalue weighted by Crippen LogP contribution is 2.10. The first-order valence-corrected chi connectivity index (χ1v) is 6.54. The zero-order valence-corrected chi connectivity index (χ0v) is 12.5. The summed E-state index contributed by atoms with van der Waals surface area (Å²) in [6.07, 6.45) is 0.484. The van der Waals surface area contributed by atoms with E-state index in [-0.39, 0.29) is 17.5 Å². The molecule has 3 nitrogen and oxygen atoms in total. The first kappa shape index (κ1) is 14.3. The molecule has 0 saturated carbocycles. The van der Waals surface area contributed by atoms with Crippen molar-refractivity contribution >= 4 is 34.1 Å². The summed E-state index contributed by atoms with van der Waals surface area (Å²) in [5.74, 6) is -0.171. The van der Waals surface area contributed by atoms with Crippen molar-refractivity contribution < 1.29 is 4.79 Å². The largest absolute Gasteiger partial charge is 0.306 e. The molecule has 1 N–H and O–H groups in total. The smallest absolute Gasteiger partial charge is 0.206 e. The maximum atomic E-state index is 12.0.